The fourth-order valence-corrected chi connectivity index (χ4v) is 1.35. The van der Waals surface area contributed by atoms with Crippen LogP contribution in [0.2, 0.25) is 0 Å². The number of hydrogen-bond donors (Lipinski definition) is 4. The van der Waals surface area contributed by atoms with Crippen molar-refractivity contribution in [3.63, 3.8) is 0 Å². The average Bonchev–Trinajstić information content (AvgIpc) is 1.99. The second-order valence-electron chi connectivity index (χ2n) is 3.59. The van der Waals surface area contributed by atoms with Crippen LogP contribution >= 0.6 is 0 Å². The van der Waals surface area contributed by atoms with E-state index in [0.29, 0.717) is 6.54 Å². The lowest BCUT2D eigenvalue weighted by atomic mass is 9.80. The van der Waals surface area contributed by atoms with Crippen LogP contribution < -0.4 is 16.4 Å². The van der Waals surface area contributed by atoms with Gasteiger partial charge in [-0.15, -0.1) is 0 Å². The second kappa shape index (κ2) is 4.39. The number of aliphatic hydroxyl groups is 1. The van der Waals surface area contributed by atoms with E-state index in [1.54, 1.807) is 0 Å². The molecule has 0 aromatic heterocycles. The summed E-state index contributed by atoms with van der Waals surface area (Å²) in [4.78, 5) is 21.1. The van der Waals surface area contributed by atoms with Crippen molar-refractivity contribution in [2.24, 2.45) is 5.73 Å². The molecule has 0 aromatic rings. The third kappa shape index (κ3) is 3.31. The molecule has 0 heterocycles. The monoisotopic (exact) mass is 201 g/mol. The van der Waals surface area contributed by atoms with Crippen LogP contribution in [-0.2, 0) is 4.79 Å². The highest BCUT2D eigenvalue weighted by Crippen LogP contribution is 2.30. The molecule has 1 aliphatic rings. The highest BCUT2D eigenvalue weighted by atomic mass is 16.3. The summed E-state index contributed by atoms with van der Waals surface area (Å²) >= 11 is 0. The third-order valence-corrected chi connectivity index (χ3v) is 2.29. The first kappa shape index (κ1) is 10.9. The van der Waals surface area contributed by atoms with Crippen molar-refractivity contribution in [3.8, 4) is 0 Å². The number of urea groups is 1. The Morgan fingerprint density at radius 2 is 2.07 bits per heavy atom. The number of hydrogen-bond acceptors (Lipinski definition) is 4. The number of carbonyl (C=O) groups is 2. The van der Waals surface area contributed by atoms with Crippen LogP contribution in [0, 0.1) is 0 Å². The third-order valence-electron chi connectivity index (χ3n) is 2.29. The summed E-state index contributed by atoms with van der Waals surface area (Å²) in [6.07, 6.45) is 2.54. The van der Waals surface area contributed by atoms with Crippen LogP contribution in [0.4, 0.5) is 4.79 Å². The van der Waals surface area contributed by atoms with Crippen molar-refractivity contribution in [1.82, 2.24) is 10.6 Å². The zero-order valence-corrected chi connectivity index (χ0v) is 7.88. The lowest BCUT2D eigenvalue weighted by Crippen LogP contribution is -2.49. The molecule has 1 aliphatic carbocycles. The summed E-state index contributed by atoms with van der Waals surface area (Å²) in [7, 11) is 0. The molecular weight excluding hydrogens is 186 g/mol. The zero-order chi connectivity index (χ0) is 10.6. The van der Waals surface area contributed by atoms with E-state index in [0.717, 1.165) is 19.3 Å². The van der Waals surface area contributed by atoms with Crippen molar-refractivity contribution in [1.29, 1.82) is 0 Å². The first-order chi connectivity index (χ1) is 6.52. The molecule has 1 saturated carbocycles. The molecule has 1 rings (SSSR count). The largest absolute Gasteiger partial charge is 0.389 e. The van der Waals surface area contributed by atoms with Gasteiger partial charge >= 0.3 is 6.03 Å². The van der Waals surface area contributed by atoms with Gasteiger partial charge in [0, 0.05) is 6.54 Å². The number of rotatable bonds is 4. The maximum Gasteiger partial charge on any atom is 0.318 e. The van der Waals surface area contributed by atoms with E-state index < -0.39 is 17.5 Å². The molecule has 6 heteroatoms. The van der Waals surface area contributed by atoms with Crippen LogP contribution in [0.5, 0.6) is 0 Å². The Bertz CT molecular complexity index is 238. The molecule has 14 heavy (non-hydrogen) atoms. The maximum atomic E-state index is 10.9. The van der Waals surface area contributed by atoms with Crippen LogP contribution in [0.15, 0.2) is 0 Å². The van der Waals surface area contributed by atoms with E-state index in [1.165, 1.54) is 0 Å². The summed E-state index contributed by atoms with van der Waals surface area (Å²) < 4.78 is 0. The molecule has 3 amide bonds. The highest BCUT2D eigenvalue weighted by Gasteiger charge is 2.33. The van der Waals surface area contributed by atoms with Gasteiger partial charge in [0.1, 0.15) is 0 Å². The van der Waals surface area contributed by atoms with Crippen molar-refractivity contribution in [2.75, 3.05) is 13.1 Å². The predicted octanol–water partition coefficient (Wildman–Crippen LogP) is -1.31. The van der Waals surface area contributed by atoms with Crippen molar-refractivity contribution >= 4 is 11.9 Å². The van der Waals surface area contributed by atoms with Gasteiger partial charge in [-0.25, -0.2) is 4.79 Å². The normalized spacial score (nSPS) is 18.4. The summed E-state index contributed by atoms with van der Waals surface area (Å²) in [6.45, 7) is 0.366. The molecule has 80 valence electrons. The molecule has 0 bridgehead atoms. The first-order valence-corrected chi connectivity index (χ1v) is 4.54. The van der Waals surface area contributed by atoms with Gasteiger partial charge in [-0.1, -0.05) is 0 Å². The molecule has 0 atom stereocenters. The van der Waals surface area contributed by atoms with Gasteiger partial charge in [-0.2, -0.15) is 0 Å². The summed E-state index contributed by atoms with van der Waals surface area (Å²) in [5.41, 5.74) is 4.08. The Morgan fingerprint density at radius 1 is 1.43 bits per heavy atom. The highest BCUT2D eigenvalue weighted by molar-refractivity contribution is 5.94. The minimum atomic E-state index is -0.862. The molecule has 0 saturated heterocycles. The molecule has 0 aromatic carbocycles. The fraction of sp³-hybridized carbons (Fsp3) is 0.750. The van der Waals surface area contributed by atoms with Gasteiger partial charge in [0.25, 0.3) is 0 Å². The zero-order valence-electron chi connectivity index (χ0n) is 7.88. The van der Waals surface area contributed by atoms with Crippen LogP contribution in [0.1, 0.15) is 19.3 Å². The Morgan fingerprint density at radius 3 is 2.50 bits per heavy atom. The van der Waals surface area contributed by atoms with Gasteiger partial charge in [0.15, 0.2) is 0 Å². The first-order valence-electron chi connectivity index (χ1n) is 4.54. The predicted molar refractivity (Wildman–Crippen MR) is 49.4 cm³/mol. The van der Waals surface area contributed by atoms with Gasteiger partial charge in [-0.3, -0.25) is 10.1 Å². The lowest BCUT2D eigenvalue weighted by molar-refractivity contribution is -0.119. The van der Waals surface area contributed by atoms with Gasteiger partial charge < -0.3 is 16.2 Å². The molecule has 0 unspecified atom stereocenters. The topological polar surface area (TPSA) is 104 Å². The lowest BCUT2D eigenvalue weighted by Gasteiger charge is -2.36. The maximum absolute atomic E-state index is 10.9. The Balaban J connectivity index is 2.08. The van der Waals surface area contributed by atoms with Crippen molar-refractivity contribution in [3.05, 3.63) is 0 Å². The molecule has 1 fully saturated rings. The standard InChI is InChI=1S/C8H15N3O3/c9-7(13)11-6(12)4-10-5-8(14)2-1-3-8/h10,14H,1-5H2,(H3,9,11,12,13). The van der Waals surface area contributed by atoms with E-state index in [9.17, 15) is 14.7 Å². The fourth-order valence-electron chi connectivity index (χ4n) is 1.35. The van der Waals surface area contributed by atoms with Crippen LogP contribution in [-0.4, -0.2) is 35.7 Å². The summed E-state index contributed by atoms with van der Waals surface area (Å²) in [5, 5.41) is 14.3. The molecule has 0 radical (unpaired) electrons. The van der Waals surface area contributed by atoms with Gasteiger partial charge in [-0.05, 0) is 19.3 Å². The number of amides is 3. The number of imide groups is 1. The number of nitrogens with one attached hydrogen (secondary N) is 2. The van der Waals surface area contributed by atoms with Gasteiger partial charge in [0.2, 0.25) is 5.91 Å². The molecular formula is C8H15N3O3. The minimum absolute atomic E-state index is 0.00868. The van der Waals surface area contributed by atoms with E-state index in [2.05, 4.69) is 5.32 Å². The Hall–Kier alpha value is -1.14. The Labute approximate surface area is 81.8 Å². The molecule has 0 aliphatic heterocycles. The number of carbonyl (C=O) groups excluding carboxylic acids is 2. The average molecular weight is 201 g/mol. The molecule has 0 spiro atoms. The number of nitrogens with two attached hydrogens (primary N) is 1. The summed E-state index contributed by atoms with van der Waals surface area (Å²) in [5.74, 6) is -0.486. The van der Waals surface area contributed by atoms with E-state index in [1.807, 2.05) is 5.32 Å². The van der Waals surface area contributed by atoms with Crippen molar-refractivity contribution < 1.29 is 14.7 Å². The Kier molecular flexibility index (Phi) is 3.43. The minimum Gasteiger partial charge on any atom is -0.389 e. The second-order valence-corrected chi connectivity index (χ2v) is 3.59. The molecule has 6 nitrogen and oxygen atoms in total. The van der Waals surface area contributed by atoms with Crippen molar-refractivity contribution in [2.45, 2.75) is 24.9 Å². The summed E-state index contributed by atoms with van der Waals surface area (Å²) in [6, 6.07) is -0.862. The van der Waals surface area contributed by atoms with Crippen LogP contribution in [0.3, 0.4) is 0 Å². The quantitative estimate of drug-likeness (QED) is 0.453. The van der Waals surface area contributed by atoms with E-state index in [4.69, 9.17) is 5.73 Å². The SMILES string of the molecule is NC(=O)NC(=O)CNCC1(O)CCC1. The van der Waals surface area contributed by atoms with E-state index >= 15 is 0 Å². The number of primary amides is 1. The smallest absolute Gasteiger partial charge is 0.318 e. The van der Waals surface area contributed by atoms with E-state index in [-0.39, 0.29) is 6.54 Å². The van der Waals surface area contributed by atoms with Crippen LogP contribution in [0.25, 0.3) is 0 Å². The molecule has 5 N–H and O–H groups in total. The van der Waals surface area contributed by atoms with Gasteiger partial charge in [0.05, 0.1) is 12.1 Å².